The number of morpholine rings is 1. The second-order valence-electron chi connectivity index (χ2n) is 5.73. The van der Waals surface area contributed by atoms with E-state index in [0.29, 0.717) is 25.3 Å². The normalized spacial score (nSPS) is 13.3. The molecule has 26 heavy (non-hydrogen) atoms. The molecule has 2 aromatic carbocycles. The molecule has 1 aliphatic rings. The first-order valence-electron chi connectivity index (χ1n) is 7.88. The third-order valence-corrected chi connectivity index (χ3v) is 4.42. The number of hydrogen-bond acceptors (Lipinski definition) is 4. The molecule has 1 amide bonds. The number of amides is 1. The smallest absolute Gasteiger partial charge is 0.228 e. The Balaban J connectivity index is 0.00000169. The quantitative estimate of drug-likeness (QED) is 0.676. The lowest BCUT2D eigenvalue weighted by molar-refractivity contribution is -0.115. The van der Waals surface area contributed by atoms with Gasteiger partial charge in [-0.1, -0.05) is 28.1 Å². The number of hydrogen-bond donors (Lipinski definition) is 2. The van der Waals surface area contributed by atoms with Crippen LogP contribution >= 0.6 is 40.7 Å². The summed E-state index contributed by atoms with van der Waals surface area (Å²) < 4.78 is 6.34. The van der Waals surface area contributed by atoms with Crippen molar-refractivity contribution in [1.82, 2.24) is 0 Å². The third-order valence-electron chi connectivity index (χ3n) is 3.93. The predicted octanol–water partition coefficient (Wildman–Crippen LogP) is 3.89. The fraction of sp³-hybridized carbons (Fsp3) is 0.278. The lowest BCUT2D eigenvalue weighted by Gasteiger charge is -2.30. The summed E-state index contributed by atoms with van der Waals surface area (Å²) in [5.41, 5.74) is 9.14. The number of nitrogens with zero attached hydrogens (tertiary/aromatic N) is 1. The van der Waals surface area contributed by atoms with Crippen LogP contribution in [-0.2, 0) is 16.0 Å². The summed E-state index contributed by atoms with van der Waals surface area (Å²) in [6, 6.07) is 13.3. The van der Waals surface area contributed by atoms with Crippen molar-refractivity contribution in [3.8, 4) is 0 Å². The van der Waals surface area contributed by atoms with Crippen molar-refractivity contribution in [1.29, 1.82) is 0 Å². The Morgan fingerprint density at radius 2 is 1.77 bits per heavy atom. The van der Waals surface area contributed by atoms with Gasteiger partial charge in [-0.2, -0.15) is 0 Å². The summed E-state index contributed by atoms with van der Waals surface area (Å²) in [6.07, 6.45) is 0.315. The van der Waals surface area contributed by atoms with Crippen molar-refractivity contribution >= 4 is 63.7 Å². The standard InChI is InChI=1S/C18H20BrN3O2.2ClH/c19-14-3-6-17(22-7-9-24-10-8-22)16(12-14)21-18(23)11-13-1-4-15(20)5-2-13;;/h1-6,12H,7-11,20H2,(H,21,23);2*1H. The lowest BCUT2D eigenvalue weighted by atomic mass is 10.1. The second kappa shape index (κ2) is 10.6. The van der Waals surface area contributed by atoms with E-state index in [-0.39, 0.29) is 30.7 Å². The fourth-order valence-corrected chi connectivity index (χ4v) is 3.06. The van der Waals surface area contributed by atoms with Gasteiger partial charge in [0, 0.05) is 23.2 Å². The molecule has 1 aliphatic heterocycles. The topological polar surface area (TPSA) is 67.6 Å². The maximum absolute atomic E-state index is 12.4. The molecule has 0 saturated carbocycles. The molecular weight excluding hydrogens is 441 g/mol. The summed E-state index contributed by atoms with van der Waals surface area (Å²) in [5, 5.41) is 3.03. The van der Waals surface area contributed by atoms with Gasteiger partial charge in [-0.25, -0.2) is 0 Å². The maximum Gasteiger partial charge on any atom is 0.228 e. The van der Waals surface area contributed by atoms with Gasteiger partial charge in [0.15, 0.2) is 0 Å². The Bertz CT molecular complexity index is 723. The Kier molecular flexibility index (Phi) is 9.22. The van der Waals surface area contributed by atoms with Crippen LogP contribution in [0.5, 0.6) is 0 Å². The van der Waals surface area contributed by atoms with Gasteiger partial charge in [0.25, 0.3) is 0 Å². The highest BCUT2D eigenvalue weighted by Crippen LogP contribution is 2.30. The van der Waals surface area contributed by atoms with Gasteiger partial charge in [0.2, 0.25) is 5.91 Å². The lowest BCUT2D eigenvalue weighted by Crippen LogP contribution is -2.36. The first-order chi connectivity index (χ1) is 11.6. The fourth-order valence-electron chi connectivity index (χ4n) is 2.70. The largest absolute Gasteiger partial charge is 0.399 e. The molecule has 8 heteroatoms. The summed E-state index contributed by atoms with van der Waals surface area (Å²) in [4.78, 5) is 14.6. The van der Waals surface area contributed by atoms with Crippen LogP contribution in [0.25, 0.3) is 0 Å². The van der Waals surface area contributed by atoms with Crippen molar-refractivity contribution in [2.24, 2.45) is 0 Å². The molecular formula is C18H22BrCl2N3O2. The highest BCUT2D eigenvalue weighted by Gasteiger charge is 2.16. The summed E-state index contributed by atoms with van der Waals surface area (Å²) >= 11 is 3.48. The van der Waals surface area contributed by atoms with E-state index in [4.69, 9.17) is 10.5 Å². The van der Waals surface area contributed by atoms with E-state index in [1.54, 1.807) is 12.1 Å². The van der Waals surface area contributed by atoms with Crippen LogP contribution in [0.4, 0.5) is 17.1 Å². The molecule has 0 aliphatic carbocycles. The summed E-state index contributed by atoms with van der Waals surface area (Å²) in [6.45, 7) is 3.05. The first-order valence-corrected chi connectivity index (χ1v) is 8.67. The minimum absolute atomic E-state index is 0. The van der Waals surface area contributed by atoms with Crippen LogP contribution in [-0.4, -0.2) is 32.2 Å². The molecule has 0 aromatic heterocycles. The molecule has 0 unspecified atom stereocenters. The van der Waals surface area contributed by atoms with Crippen molar-refractivity contribution in [2.45, 2.75) is 6.42 Å². The van der Waals surface area contributed by atoms with Gasteiger partial charge >= 0.3 is 0 Å². The van der Waals surface area contributed by atoms with Crippen molar-refractivity contribution in [3.63, 3.8) is 0 Å². The number of carbonyl (C=O) groups is 1. The van der Waals surface area contributed by atoms with E-state index in [2.05, 4.69) is 26.1 Å². The van der Waals surface area contributed by atoms with Crippen LogP contribution in [0.15, 0.2) is 46.9 Å². The zero-order chi connectivity index (χ0) is 16.9. The molecule has 0 atom stereocenters. The second-order valence-corrected chi connectivity index (χ2v) is 6.64. The van der Waals surface area contributed by atoms with E-state index in [9.17, 15) is 4.79 Å². The number of carbonyl (C=O) groups excluding carboxylic acids is 1. The van der Waals surface area contributed by atoms with E-state index in [0.717, 1.165) is 34.5 Å². The number of anilines is 3. The van der Waals surface area contributed by atoms with Crippen molar-refractivity contribution in [3.05, 3.63) is 52.5 Å². The van der Waals surface area contributed by atoms with Gasteiger partial charge in [-0.05, 0) is 35.9 Å². The van der Waals surface area contributed by atoms with Gasteiger partial charge in [-0.3, -0.25) is 4.79 Å². The van der Waals surface area contributed by atoms with Crippen LogP contribution in [0.3, 0.4) is 0 Å². The van der Waals surface area contributed by atoms with Crippen molar-refractivity contribution < 1.29 is 9.53 Å². The van der Waals surface area contributed by atoms with Crippen LogP contribution in [0.2, 0.25) is 0 Å². The highest BCUT2D eigenvalue weighted by atomic mass is 79.9. The number of nitrogens with one attached hydrogen (secondary N) is 1. The van der Waals surface area contributed by atoms with E-state index in [1.807, 2.05) is 30.3 Å². The van der Waals surface area contributed by atoms with Gasteiger partial charge in [-0.15, -0.1) is 24.8 Å². The van der Waals surface area contributed by atoms with E-state index >= 15 is 0 Å². The SMILES string of the molecule is Cl.Cl.Nc1ccc(CC(=O)Nc2cc(Br)ccc2N2CCOCC2)cc1. The molecule has 142 valence electrons. The Morgan fingerprint density at radius 1 is 1.12 bits per heavy atom. The molecule has 1 saturated heterocycles. The van der Waals surface area contributed by atoms with Crippen LogP contribution < -0.4 is 16.0 Å². The van der Waals surface area contributed by atoms with Crippen LogP contribution in [0.1, 0.15) is 5.56 Å². The van der Waals surface area contributed by atoms with Gasteiger partial charge in [0.1, 0.15) is 0 Å². The number of nitrogens with two attached hydrogens (primary N) is 1. The molecule has 0 radical (unpaired) electrons. The van der Waals surface area contributed by atoms with Gasteiger partial charge in [0.05, 0.1) is 31.0 Å². The third kappa shape index (κ3) is 6.06. The van der Waals surface area contributed by atoms with Crippen LogP contribution in [0, 0.1) is 0 Å². The maximum atomic E-state index is 12.4. The zero-order valence-corrected chi connectivity index (χ0v) is 17.3. The number of benzene rings is 2. The predicted molar refractivity (Wildman–Crippen MR) is 115 cm³/mol. The number of rotatable bonds is 4. The summed E-state index contributed by atoms with van der Waals surface area (Å²) in [5.74, 6) is -0.0487. The minimum Gasteiger partial charge on any atom is -0.399 e. The average molecular weight is 463 g/mol. The van der Waals surface area contributed by atoms with Crippen molar-refractivity contribution in [2.75, 3.05) is 42.3 Å². The molecule has 5 nitrogen and oxygen atoms in total. The number of ether oxygens (including phenoxy) is 1. The highest BCUT2D eigenvalue weighted by molar-refractivity contribution is 9.10. The Hall–Kier alpha value is -1.47. The van der Waals surface area contributed by atoms with E-state index in [1.165, 1.54) is 0 Å². The molecule has 0 spiro atoms. The Labute approximate surface area is 174 Å². The Morgan fingerprint density at radius 3 is 2.42 bits per heavy atom. The molecule has 3 N–H and O–H groups in total. The van der Waals surface area contributed by atoms with Gasteiger partial charge < -0.3 is 20.7 Å². The molecule has 2 aromatic rings. The monoisotopic (exact) mass is 461 g/mol. The summed E-state index contributed by atoms with van der Waals surface area (Å²) in [7, 11) is 0. The molecule has 1 heterocycles. The molecule has 0 bridgehead atoms. The minimum atomic E-state index is -0.0487. The molecule has 3 rings (SSSR count). The zero-order valence-electron chi connectivity index (χ0n) is 14.1. The first kappa shape index (κ1) is 22.6. The number of nitrogen functional groups attached to an aromatic ring is 1. The average Bonchev–Trinajstić information content (AvgIpc) is 2.58. The number of halogens is 3. The van der Waals surface area contributed by atoms with E-state index < -0.39 is 0 Å². The molecule has 1 fully saturated rings.